The van der Waals surface area contributed by atoms with Crippen LogP contribution in [0.4, 0.5) is 11.4 Å². The SMILES string of the molecule is CC1CCCC(=O)NC(=O)C1(C)N(c1ccccc1)c1ccccc1. The van der Waals surface area contributed by atoms with E-state index >= 15 is 0 Å². The summed E-state index contributed by atoms with van der Waals surface area (Å²) in [5, 5.41) is 2.60. The molecule has 0 spiro atoms. The van der Waals surface area contributed by atoms with Gasteiger partial charge in [0.25, 0.3) is 5.91 Å². The predicted octanol–water partition coefficient (Wildman–Crippen LogP) is 4.05. The van der Waals surface area contributed by atoms with Crippen LogP contribution in [0, 0.1) is 5.92 Å². The number of rotatable bonds is 3. The minimum atomic E-state index is -0.862. The zero-order chi connectivity index (χ0) is 17.9. The Kier molecular flexibility index (Phi) is 4.88. The molecule has 1 aliphatic rings. The van der Waals surface area contributed by atoms with E-state index in [9.17, 15) is 9.59 Å². The van der Waals surface area contributed by atoms with Crippen molar-refractivity contribution in [3.05, 3.63) is 60.7 Å². The van der Waals surface area contributed by atoms with Gasteiger partial charge in [0.15, 0.2) is 0 Å². The molecule has 2 atom stereocenters. The van der Waals surface area contributed by atoms with E-state index in [0.29, 0.717) is 6.42 Å². The number of nitrogens with zero attached hydrogens (tertiary/aromatic N) is 1. The molecule has 1 heterocycles. The summed E-state index contributed by atoms with van der Waals surface area (Å²) in [5.41, 5.74) is 1.01. The van der Waals surface area contributed by atoms with Gasteiger partial charge in [-0.2, -0.15) is 0 Å². The van der Waals surface area contributed by atoms with Gasteiger partial charge in [-0.25, -0.2) is 0 Å². The lowest BCUT2D eigenvalue weighted by Gasteiger charge is -2.46. The van der Waals surface area contributed by atoms with Crippen LogP contribution in [0.2, 0.25) is 0 Å². The molecule has 4 heteroatoms. The molecule has 25 heavy (non-hydrogen) atoms. The van der Waals surface area contributed by atoms with E-state index in [1.165, 1.54) is 0 Å². The number of para-hydroxylation sites is 2. The molecule has 4 nitrogen and oxygen atoms in total. The fourth-order valence-electron chi connectivity index (χ4n) is 3.55. The Morgan fingerprint density at radius 2 is 1.48 bits per heavy atom. The Morgan fingerprint density at radius 3 is 2.00 bits per heavy atom. The topological polar surface area (TPSA) is 49.4 Å². The first-order chi connectivity index (χ1) is 12.0. The molecule has 1 N–H and O–H groups in total. The van der Waals surface area contributed by atoms with E-state index in [1.807, 2.05) is 67.6 Å². The Morgan fingerprint density at radius 1 is 0.960 bits per heavy atom. The van der Waals surface area contributed by atoms with E-state index in [2.05, 4.69) is 17.1 Å². The van der Waals surface area contributed by atoms with Gasteiger partial charge in [0, 0.05) is 17.8 Å². The molecule has 3 rings (SSSR count). The lowest BCUT2D eigenvalue weighted by Crippen LogP contribution is -2.61. The number of hydrogen-bond acceptors (Lipinski definition) is 3. The highest BCUT2D eigenvalue weighted by atomic mass is 16.2. The maximum absolute atomic E-state index is 13.1. The van der Waals surface area contributed by atoms with E-state index < -0.39 is 5.54 Å². The van der Waals surface area contributed by atoms with Crippen LogP contribution in [0.1, 0.15) is 33.1 Å². The number of nitrogens with one attached hydrogen (secondary N) is 1. The van der Waals surface area contributed by atoms with Crippen LogP contribution in [0.3, 0.4) is 0 Å². The fourth-order valence-corrected chi connectivity index (χ4v) is 3.55. The van der Waals surface area contributed by atoms with Gasteiger partial charge in [0.1, 0.15) is 5.54 Å². The van der Waals surface area contributed by atoms with E-state index in [-0.39, 0.29) is 17.7 Å². The Balaban J connectivity index is 2.15. The van der Waals surface area contributed by atoms with Crippen molar-refractivity contribution >= 4 is 23.2 Å². The molecule has 0 radical (unpaired) electrons. The molecule has 1 fully saturated rings. The molecule has 2 aromatic rings. The molecular weight excluding hydrogens is 312 g/mol. The minimum absolute atomic E-state index is 0.0843. The summed E-state index contributed by atoms with van der Waals surface area (Å²) in [5.74, 6) is -0.345. The van der Waals surface area contributed by atoms with Crippen molar-refractivity contribution in [3.8, 4) is 0 Å². The first kappa shape index (κ1) is 17.2. The quantitative estimate of drug-likeness (QED) is 0.861. The minimum Gasteiger partial charge on any atom is -0.326 e. The van der Waals surface area contributed by atoms with E-state index in [4.69, 9.17) is 0 Å². The third-order valence-electron chi connectivity index (χ3n) is 5.21. The number of carbonyl (C=O) groups is 2. The van der Waals surface area contributed by atoms with E-state index in [0.717, 1.165) is 24.2 Å². The van der Waals surface area contributed by atoms with Crippen LogP contribution in [0.15, 0.2) is 60.7 Å². The van der Waals surface area contributed by atoms with Crippen LogP contribution >= 0.6 is 0 Å². The molecule has 0 aromatic heterocycles. The molecule has 2 unspecified atom stereocenters. The zero-order valence-electron chi connectivity index (χ0n) is 14.7. The second kappa shape index (κ2) is 7.09. The lowest BCUT2D eigenvalue weighted by atomic mass is 9.79. The summed E-state index contributed by atoms with van der Waals surface area (Å²) >= 11 is 0. The molecule has 1 saturated heterocycles. The Labute approximate surface area is 148 Å². The summed E-state index contributed by atoms with van der Waals surface area (Å²) in [4.78, 5) is 27.2. The highest BCUT2D eigenvalue weighted by Crippen LogP contribution is 2.39. The van der Waals surface area contributed by atoms with Crippen molar-refractivity contribution in [3.63, 3.8) is 0 Å². The van der Waals surface area contributed by atoms with Crippen molar-refractivity contribution in [1.29, 1.82) is 0 Å². The van der Waals surface area contributed by atoms with E-state index in [1.54, 1.807) is 0 Å². The first-order valence-electron chi connectivity index (χ1n) is 8.78. The standard InChI is InChI=1S/C21H24N2O2/c1-16-10-9-15-19(24)22-20(25)21(16,2)23(17-11-5-3-6-12-17)18-13-7-4-8-14-18/h3-8,11-14,16H,9-10,15H2,1-2H3,(H,22,24,25). The van der Waals surface area contributed by atoms with Gasteiger partial charge in [0.05, 0.1) is 0 Å². The molecular formula is C21H24N2O2. The van der Waals surface area contributed by atoms with Crippen LogP contribution in [0.5, 0.6) is 0 Å². The van der Waals surface area contributed by atoms with Crippen LogP contribution < -0.4 is 10.2 Å². The second-order valence-corrected chi connectivity index (χ2v) is 6.82. The van der Waals surface area contributed by atoms with Gasteiger partial charge in [-0.05, 0) is 49.9 Å². The van der Waals surface area contributed by atoms with Crippen LogP contribution in [-0.4, -0.2) is 17.4 Å². The average molecular weight is 336 g/mol. The molecule has 0 aliphatic carbocycles. The van der Waals surface area contributed by atoms with Gasteiger partial charge >= 0.3 is 0 Å². The summed E-state index contributed by atoms with van der Waals surface area (Å²) < 4.78 is 0. The smallest absolute Gasteiger partial charge is 0.252 e. The average Bonchev–Trinajstić information content (AvgIpc) is 2.62. The van der Waals surface area contributed by atoms with Gasteiger partial charge in [-0.3, -0.25) is 14.9 Å². The number of amides is 2. The van der Waals surface area contributed by atoms with Gasteiger partial charge in [-0.15, -0.1) is 0 Å². The summed E-state index contributed by atoms with van der Waals surface area (Å²) in [6.07, 6.45) is 2.02. The maximum atomic E-state index is 13.1. The predicted molar refractivity (Wildman–Crippen MR) is 99.6 cm³/mol. The van der Waals surface area contributed by atoms with Crippen molar-refractivity contribution < 1.29 is 9.59 Å². The van der Waals surface area contributed by atoms with Crippen LogP contribution in [-0.2, 0) is 9.59 Å². The Hall–Kier alpha value is -2.62. The molecule has 2 amide bonds. The maximum Gasteiger partial charge on any atom is 0.252 e. The molecule has 1 aliphatic heterocycles. The fraction of sp³-hybridized carbons (Fsp3) is 0.333. The number of benzene rings is 2. The number of anilines is 2. The van der Waals surface area contributed by atoms with Gasteiger partial charge < -0.3 is 4.90 Å². The van der Waals surface area contributed by atoms with Gasteiger partial charge in [0.2, 0.25) is 5.91 Å². The normalized spacial score (nSPS) is 24.2. The molecule has 130 valence electrons. The first-order valence-corrected chi connectivity index (χ1v) is 8.78. The Bertz CT molecular complexity index is 706. The molecule has 0 bridgehead atoms. The lowest BCUT2D eigenvalue weighted by molar-refractivity contribution is -0.135. The number of carbonyl (C=O) groups excluding carboxylic acids is 2. The summed E-state index contributed by atoms with van der Waals surface area (Å²) in [7, 11) is 0. The highest BCUT2D eigenvalue weighted by Gasteiger charge is 2.46. The van der Waals surface area contributed by atoms with Gasteiger partial charge in [-0.1, -0.05) is 43.3 Å². The number of hydrogen-bond donors (Lipinski definition) is 1. The third-order valence-corrected chi connectivity index (χ3v) is 5.21. The third kappa shape index (κ3) is 3.29. The largest absolute Gasteiger partial charge is 0.326 e. The van der Waals surface area contributed by atoms with Crippen molar-refractivity contribution in [2.75, 3.05) is 4.90 Å². The van der Waals surface area contributed by atoms with Crippen molar-refractivity contribution in [2.24, 2.45) is 5.92 Å². The van der Waals surface area contributed by atoms with Crippen molar-refractivity contribution in [2.45, 2.75) is 38.6 Å². The monoisotopic (exact) mass is 336 g/mol. The molecule has 0 saturated carbocycles. The summed E-state index contributed by atoms with van der Waals surface area (Å²) in [6.45, 7) is 4.03. The zero-order valence-corrected chi connectivity index (χ0v) is 14.7. The van der Waals surface area contributed by atoms with Crippen LogP contribution in [0.25, 0.3) is 0 Å². The highest BCUT2D eigenvalue weighted by molar-refractivity contribution is 6.03. The van der Waals surface area contributed by atoms with Crippen molar-refractivity contribution in [1.82, 2.24) is 5.32 Å². The summed E-state index contributed by atoms with van der Waals surface area (Å²) in [6, 6.07) is 19.8. The second-order valence-electron chi connectivity index (χ2n) is 6.82. The number of imide groups is 1. The molecule has 2 aromatic carbocycles.